The highest BCUT2D eigenvalue weighted by atomic mass is 16.5. The maximum absolute atomic E-state index is 6.08. The van der Waals surface area contributed by atoms with E-state index in [1.807, 2.05) is 12.1 Å². The van der Waals surface area contributed by atoms with Gasteiger partial charge in [0.25, 0.3) is 0 Å². The monoisotopic (exact) mass is 247 g/mol. The van der Waals surface area contributed by atoms with Crippen molar-refractivity contribution in [2.75, 3.05) is 6.61 Å². The van der Waals surface area contributed by atoms with Gasteiger partial charge in [-0.2, -0.15) is 0 Å². The van der Waals surface area contributed by atoms with Gasteiger partial charge in [-0.1, -0.05) is 31.0 Å². The van der Waals surface area contributed by atoms with Crippen LogP contribution in [0.25, 0.3) is 0 Å². The van der Waals surface area contributed by atoms with Crippen molar-refractivity contribution >= 4 is 0 Å². The van der Waals surface area contributed by atoms with Crippen molar-refractivity contribution in [1.29, 1.82) is 0 Å². The molecule has 1 saturated carbocycles. The summed E-state index contributed by atoms with van der Waals surface area (Å²) in [5.74, 6) is 1.01. The average Bonchev–Trinajstić information content (AvgIpc) is 2.80. The highest BCUT2D eigenvalue weighted by molar-refractivity contribution is 5.37. The summed E-state index contributed by atoms with van der Waals surface area (Å²) >= 11 is 0. The second kappa shape index (κ2) is 5.29. The molecule has 1 aromatic rings. The fourth-order valence-corrected chi connectivity index (χ4v) is 2.91. The highest BCUT2D eigenvalue weighted by Crippen LogP contribution is 2.29. The molecular weight excluding hydrogens is 226 g/mol. The van der Waals surface area contributed by atoms with Crippen LogP contribution in [0.3, 0.4) is 0 Å². The molecule has 2 N–H and O–H groups in total. The van der Waals surface area contributed by atoms with Crippen molar-refractivity contribution in [2.45, 2.75) is 50.4 Å². The normalized spacial score (nSPS) is 30.8. The Morgan fingerprint density at radius 1 is 1.22 bits per heavy atom. The molecule has 0 aromatic heterocycles. The Labute approximate surface area is 108 Å². The molecule has 0 bridgehead atoms. The fourth-order valence-electron chi connectivity index (χ4n) is 2.91. The Kier molecular flexibility index (Phi) is 3.52. The van der Waals surface area contributed by atoms with Gasteiger partial charge in [-0.05, 0) is 24.5 Å². The molecule has 1 fully saturated rings. The van der Waals surface area contributed by atoms with Crippen LogP contribution in [0.5, 0.6) is 5.75 Å². The summed E-state index contributed by atoms with van der Waals surface area (Å²) in [6.45, 7) is 0.660. The van der Waals surface area contributed by atoms with E-state index in [4.69, 9.17) is 15.2 Å². The van der Waals surface area contributed by atoms with Crippen molar-refractivity contribution in [3.63, 3.8) is 0 Å². The van der Waals surface area contributed by atoms with Gasteiger partial charge in [0.05, 0.1) is 12.7 Å². The summed E-state index contributed by atoms with van der Waals surface area (Å²) in [6, 6.07) is 8.44. The fraction of sp³-hybridized carbons (Fsp3) is 0.600. The molecule has 3 heteroatoms. The maximum atomic E-state index is 6.08. The van der Waals surface area contributed by atoms with Gasteiger partial charge in [0, 0.05) is 12.5 Å². The van der Waals surface area contributed by atoms with E-state index in [2.05, 4.69) is 12.1 Å². The summed E-state index contributed by atoms with van der Waals surface area (Å²) < 4.78 is 11.8. The lowest BCUT2D eigenvalue weighted by Gasteiger charge is -2.29. The maximum Gasteiger partial charge on any atom is 0.126 e. The molecule has 98 valence electrons. The first-order chi connectivity index (χ1) is 8.83. The molecule has 2 aliphatic rings. The molecule has 1 aliphatic carbocycles. The Hall–Kier alpha value is -1.06. The van der Waals surface area contributed by atoms with Gasteiger partial charge in [0.15, 0.2) is 0 Å². The molecule has 3 rings (SSSR count). The van der Waals surface area contributed by atoms with Gasteiger partial charge in [-0.3, -0.25) is 0 Å². The van der Waals surface area contributed by atoms with Crippen LogP contribution in [0.2, 0.25) is 0 Å². The second-order valence-corrected chi connectivity index (χ2v) is 5.37. The average molecular weight is 247 g/mol. The Balaban J connectivity index is 1.51. The molecule has 3 atom stereocenters. The van der Waals surface area contributed by atoms with E-state index in [0.717, 1.165) is 25.0 Å². The highest BCUT2D eigenvalue weighted by Gasteiger charge is 2.27. The molecule has 3 unspecified atom stereocenters. The molecule has 0 saturated heterocycles. The molecule has 1 aliphatic heterocycles. The minimum Gasteiger partial charge on any atom is -0.487 e. The first-order valence-corrected chi connectivity index (χ1v) is 6.94. The predicted molar refractivity (Wildman–Crippen MR) is 70.7 cm³/mol. The molecular formula is C15H21NO2. The van der Waals surface area contributed by atoms with Crippen LogP contribution in [-0.2, 0) is 11.2 Å². The quantitative estimate of drug-likeness (QED) is 0.891. The molecule has 3 nitrogen and oxygen atoms in total. The Bertz CT molecular complexity index is 382. The third-order valence-corrected chi connectivity index (χ3v) is 3.96. The Morgan fingerprint density at radius 2 is 2.06 bits per heavy atom. The topological polar surface area (TPSA) is 44.5 Å². The molecule has 0 radical (unpaired) electrons. The first-order valence-electron chi connectivity index (χ1n) is 6.94. The Morgan fingerprint density at radius 3 is 2.89 bits per heavy atom. The zero-order valence-corrected chi connectivity index (χ0v) is 10.7. The minimum absolute atomic E-state index is 0.163. The zero-order chi connectivity index (χ0) is 12.4. The van der Waals surface area contributed by atoms with Crippen LogP contribution in [0.15, 0.2) is 24.3 Å². The first kappa shape index (κ1) is 12.0. The van der Waals surface area contributed by atoms with Crippen LogP contribution >= 0.6 is 0 Å². The van der Waals surface area contributed by atoms with Crippen molar-refractivity contribution in [2.24, 2.45) is 5.73 Å². The van der Waals surface area contributed by atoms with Crippen LogP contribution in [0, 0.1) is 0 Å². The summed E-state index contributed by atoms with van der Waals surface area (Å²) in [4.78, 5) is 0. The van der Waals surface area contributed by atoms with Crippen molar-refractivity contribution in [3.05, 3.63) is 29.8 Å². The smallest absolute Gasteiger partial charge is 0.126 e. The van der Waals surface area contributed by atoms with E-state index in [-0.39, 0.29) is 18.2 Å². The summed E-state index contributed by atoms with van der Waals surface area (Å²) in [5.41, 5.74) is 7.37. The van der Waals surface area contributed by atoms with Crippen LogP contribution in [-0.4, -0.2) is 24.9 Å². The largest absolute Gasteiger partial charge is 0.487 e. The summed E-state index contributed by atoms with van der Waals surface area (Å²) in [7, 11) is 0. The number of para-hydroxylation sites is 1. The number of ether oxygens (including phenoxy) is 2. The number of hydrogen-bond donors (Lipinski definition) is 1. The van der Waals surface area contributed by atoms with E-state index in [1.54, 1.807) is 0 Å². The predicted octanol–water partition coefficient (Wildman–Crippen LogP) is 2.28. The van der Waals surface area contributed by atoms with E-state index in [0.29, 0.717) is 6.61 Å². The number of rotatable bonds is 3. The van der Waals surface area contributed by atoms with E-state index in [9.17, 15) is 0 Å². The van der Waals surface area contributed by atoms with Gasteiger partial charge in [-0.15, -0.1) is 0 Å². The van der Waals surface area contributed by atoms with Crippen LogP contribution < -0.4 is 10.5 Å². The zero-order valence-electron chi connectivity index (χ0n) is 10.7. The lowest BCUT2D eigenvalue weighted by atomic mass is 9.93. The number of nitrogens with two attached hydrogens (primary N) is 1. The third-order valence-electron chi connectivity index (χ3n) is 3.96. The molecule has 0 amide bonds. The number of hydrogen-bond acceptors (Lipinski definition) is 3. The van der Waals surface area contributed by atoms with Crippen molar-refractivity contribution in [3.8, 4) is 5.75 Å². The summed E-state index contributed by atoms with van der Waals surface area (Å²) in [5, 5.41) is 0. The van der Waals surface area contributed by atoms with E-state index < -0.39 is 0 Å². The SMILES string of the molecule is NC1CCCCC1OCC1Cc2ccccc2O1. The molecule has 18 heavy (non-hydrogen) atoms. The van der Waals surface area contributed by atoms with Crippen LogP contribution in [0.1, 0.15) is 31.2 Å². The number of benzene rings is 1. The van der Waals surface area contributed by atoms with E-state index in [1.165, 1.54) is 18.4 Å². The van der Waals surface area contributed by atoms with Gasteiger partial charge in [0.1, 0.15) is 11.9 Å². The third kappa shape index (κ3) is 2.52. The van der Waals surface area contributed by atoms with E-state index >= 15 is 0 Å². The van der Waals surface area contributed by atoms with Gasteiger partial charge < -0.3 is 15.2 Å². The minimum atomic E-state index is 0.163. The molecule has 0 spiro atoms. The van der Waals surface area contributed by atoms with Gasteiger partial charge >= 0.3 is 0 Å². The standard InChI is InChI=1S/C15H21NO2/c16-13-6-2-4-8-15(13)17-10-12-9-11-5-1-3-7-14(11)18-12/h1,3,5,7,12-13,15H,2,4,6,8-10,16H2. The lowest BCUT2D eigenvalue weighted by molar-refractivity contribution is -0.0197. The van der Waals surface area contributed by atoms with Crippen molar-refractivity contribution < 1.29 is 9.47 Å². The second-order valence-electron chi connectivity index (χ2n) is 5.37. The van der Waals surface area contributed by atoms with Gasteiger partial charge in [0.2, 0.25) is 0 Å². The van der Waals surface area contributed by atoms with Crippen molar-refractivity contribution in [1.82, 2.24) is 0 Å². The van der Waals surface area contributed by atoms with Crippen LogP contribution in [0.4, 0.5) is 0 Å². The molecule has 1 heterocycles. The lowest BCUT2D eigenvalue weighted by Crippen LogP contribution is -2.41. The van der Waals surface area contributed by atoms with Gasteiger partial charge in [-0.25, -0.2) is 0 Å². The molecule has 1 aromatic carbocycles. The number of fused-ring (bicyclic) bond motifs is 1. The summed E-state index contributed by atoms with van der Waals surface area (Å²) in [6.07, 6.45) is 6.02.